The molecule has 0 amide bonds. The van der Waals surface area contributed by atoms with Crippen LogP contribution in [0.2, 0.25) is 0 Å². The molecule has 0 nitrogen and oxygen atoms in total. The van der Waals surface area contributed by atoms with Gasteiger partial charge in [0.1, 0.15) is 0 Å². The molecule has 3 rings (SSSR count). The smallest absolute Gasteiger partial charge is 0.0198 e. The van der Waals surface area contributed by atoms with Crippen molar-refractivity contribution in [3.8, 4) is 0 Å². The Morgan fingerprint density at radius 3 is 2.73 bits per heavy atom. The highest BCUT2D eigenvalue weighted by Gasteiger charge is 2.58. The van der Waals surface area contributed by atoms with Gasteiger partial charge in [-0.2, -0.15) is 0 Å². The molecule has 0 aromatic rings. The number of fused-ring (bicyclic) bond motifs is 1. The van der Waals surface area contributed by atoms with Gasteiger partial charge in [-0.05, 0) is 60.7 Å². The first-order valence-corrected chi connectivity index (χ1v) is 6.69. The van der Waals surface area contributed by atoms with Crippen LogP contribution < -0.4 is 0 Å². The molecule has 0 heterocycles. The van der Waals surface area contributed by atoms with Crippen molar-refractivity contribution >= 4 is 0 Å². The van der Waals surface area contributed by atoms with Gasteiger partial charge in [0.25, 0.3) is 0 Å². The lowest BCUT2D eigenvalue weighted by atomic mass is 9.71. The Morgan fingerprint density at radius 1 is 1.33 bits per heavy atom. The van der Waals surface area contributed by atoms with Crippen LogP contribution in [0.3, 0.4) is 0 Å². The summed E-state index contributed by atoms with van der Waals surface area (Å²) in [4.78, 5) is 0. The Labute approximate surface area is 94.1 Å². The van der Waals surface area contributed by atoms with Crippen molar-refractivity contribution in [3.63, 3.8) is 0 Å². The van der Waals surface area contributed by atoms with Crippen molar-refractivity contribution < 1.29 is 0 Å². The maximum Gasteiger partial charge on any atom is -0.0198 e. The Morgan fingerprint density at radius 2 is 2.07 bits per heavy atom. The fourth-order valence-corrected chi connectivity index (χ4v) is 5.11. The Kier molecular flexibility index (Phi) is 1.92. The van der Waals surface area contributed by atoms with Crippen LogP contribution >= 0.6 is 0 Å². The lowest BCUT2D eigenvalue weighted by Gasteiger charge is -2.33. The Hall–Kier alpha value is -0.260. The van der Waals surface area contributed by atoms with E-state index in [4.69, 9.17) is 0 Å². The second kappa shape index (κ2) is 2.90. The van der Waals surface area contributed by atoms with Gasteiger partial charge in [-0.15, -0.1) is 0 Å². The third kappa shape index (κ3) is 1.20. The predicted molar refractivity (Wildman–Crippen MR) is 64.5 cm³/mol. The molecule has 0 heteroatoms. The van der Waals surface area contributed by atoms with Gasteiger partial charge in [0, 0.05) is 0 Å². The largest absolute Gasteiger partial charge is 0.0996 e. The molecule has 0 aromatic heterocycles. The number of hydrogen-bond donors (Lipinski definition) is 0. The van der Waals surface area contributed by atoms with Crippen molar-refractivity contribution in [1.82, 2.24) is 0 Å². The van der Waals surface area contributed by atoms with Crippen LogP contribution in [0.4, 0.5) is 0 Å². The molecule has 0 aromatic carbocycles. The van der Waals surface area contributed by atoms with Crippen LogP contribution in [0.25, 0.3) is 0 Å². The summed E-state index contributed by atoms with van der Waals surface area (Å²) in [6, 6.07) is 0. The first-order valence-electron chi connectivity index (χ1n) is 6.69. The lowest BCUT2D eigenvalue weighted by Crippen LogP contribution is -2.25. The maximum absolute atomic E-state index is 4.34. The van der Waals surface area contributed by atoms with Gasteiger partial charge in [0.05, 0.1) is 0 Å². The van der Waals surface area contributed by atoms with Gasteiger partial charge >= 0.3 is 0 Å². The van der Waals surface area contributed by atoms with E-state index in [9.17, 15) is 0 Å². The summed E-state index contributed by atoms with van der Waals surface area (Å²) in [6.45, 7) is 11.7. The minimum absolute atomic E-state index is 0.684. The zero-order valence-electron chi connectivity index (χ0n) is 10.4. The average Bonchev–Trinajstić information content (AvgIpc) is 2.56. The zero-order valence-corrected chi connectivity index (χ0v) is 10.4. The highest BCUT2D eigenvalue weighted by molar-refractivity contribution is 5.19. The Bertz CT molecular complexity index is 301. The standard InChI is InChI=1S/C15H24/c1-9(2)13-8-15(4)7-11-6-14(15)12(13)5-10(11)3/h9,11-14H,3,5-8H2,1-2,4H3/t11?,12?,13-,14?,15?/m0/s1. The zero-order chi connectivity index (χ0) is 10.8. The van der Waals surface area contributed by atoms with Gasteiger partial charge in [0.2, 0.25) is 0 Å². The van der Waals surface area contributed by atoms with Crippen LogP contribution in [0, 0.1) is 35.0 Å². The number of rotatable bonds is 1. The molecule has 3 aliphatic rings. The third-order valence-electron chi connectivity index (χ3n) is 5.85. The van der Waals surface area contributed by atoms with E-state index >= 15 is 0 Å². The maximum atomic E-state index is 4.34. The Balaban J connectivity index is 1.96. The summed E-state index contributed by atoms with van der Waals surface area (Å²) in [5.74, 6) is 4.78. The van der Waals surface area contributed by atoms with E-state index in [1.807, 2.05) is 0 Å². The van der Waals surface area contributed by atoms with Crippen molar-refractivity contribution in [2.24, 2.45) is 35.0 Å². The molecule has 0 radical (unpaired) electrons. The quantitative estimate of drug-likeness (QED) is 0.559. The van der Waals surface area contributed by atoms with Gasteiger partial charge in [-0.3, -0.25) is 0 Å². The molecule has 3 fully saturated rings. The van der Waals surface area contributed by atoms with E-state index < -0.39 is 0 Å². The van der Waals surface area contributed by atoms with Crippen LogP contribution in [0.1, 0.15) is 46.5 Å². The van der Waals surface area contributed by atoms with Gasteiger partial charge < -0.3 is 0 Å². The highest BCUT2D eigenvalue weighted by Crippen LogP contribution is 2.67. The molecule has 84 valence electrons. The highest BCUT2D eigenvalue weighted by atomic mass is 14.6. The van der Waals surface area contributed by atoms with Crippen molar-refractivity contribution in [2.45, 2.75) is 46.5 Å². The SMILES string of the molecule is C=C1CC2C3CC1CC3(C)C[C@H]2C(C)C. The number of allylic oxidation sites excluding steroid dienone is 1. The molecular formula is C15H24. The van der Waals surface area contributed by atoms with Crippen molar-refractivity contribution in [3.05, 3.63) is 12.2 Å². The first-order chi connectivity index (χ1) is 7.01. The lowest BCUT2D eigenvalue weighted by molar-refractivity contribution is 0.209. The van der Waals surface area contributed by atoms with Crippen LogP contribution in [0.5, 0.6) is 0 Å². The van der Waals surface area contributed by atoms with Gasteiger partial charge in [-0.1, -0.05) is 32.9 Å². The van der Waals surface area contributed by atoms with E-state index in [1.165, 1.54) is 25.7 Å². The normalized spacial score (nSPS) is 52.9. The van der Waals surface area contributed by atoms with E-state index in [0.29, 0.717) is 5.41 Å². The molecule has 0 saturated heterocycles. The van der Waals surface area contributed by atoms with Gasteiger partial charge in [-0.25, -0.2) is 0 Å². The van der Waals surface area contributed by atoms with E-state index in [1.54, 1.807) is 5.57 Å². The van der Waals surface area contributed by atoms with Crippen molar-refractivity contribution in [2.75, 3.05) is 0 Å². The predicted octanol–water partition coefficient (Wildman–Crippen LogP) is 4.27. The fraction of sp³-hybridized carbons (Fsp3) is 0.867. The topological polar surface area (TPSA) is 0 Å². The molecule has 5 atom stereocenters. The summed E-state index contributed by atoms with van der Waals surface area (Å²) in [6.07, 6.45) is 5.79. The second-order valence-electron chi connectivity index (χ2n) is 7.04. The summed E-state index contributed by atoms with van der Waals surface area (Å²) in [7, 11) is 0. The molecular weight excluding hydrogens is 180 g/mol. The third-order valence-corrected chi connectivity index (χ3v) is 5.85. The molecule has 3 saturated carbocycles. The van der Waals surface area contributed by atoms with Crippen LogP contribution in [-0.2, 0) is 0 Å². The van der Waals surface area contributed by atoms with Crippen molar-refractivity contribution in [1.29, 1.82) is 0 Å². The summed E-state index contributed by atoms with van der Waals surface area (Å²) >= 11 is 0. The van der Waals surface area contributed by atoms with Crippen LogP contribution in [0.15, 0.2) is 12.2 Å². The summed E-state index contributed by atoms with van der Waals surface area (Å²) < 4.78 is 0. The minimum atomic E-state index is 0.684. The summed E-state index contributed by atoms with van der Waals surface area (Å²) in [5.41, 5.74) is 2.27. The first kappa shape index (κ1) is 9.93. The molecule has 15 heavy (non-hydrogen) atoms. The van der Waals surface area contributed by atoms with E-state index in [2.05, 4.69) is 27.4 Å². The fourth-order valence-electron chi connectivity index (χ4n) is 5.11. The van der Waals surface area contributed by atoms with Crippen LogP contribution in [-0.4, -0.2) is 0 Å². The molecule has 0 aliphatic heterocycles. The molecule has 4 unspecified atom stereocenters. The second-order valence-corrected chi connectivity index (χ2v) is 7.04. The summed E-state index contributed by atoms with van der Waals surface area (Å²) in [5, 5.41) is 0. The van der Waals surface area contributed by atoms with E-state index in [-0.39, 0.29) is 0 Å². The van der Waals surface area contributed by atoms with E-state index in [0.717, 1.165) is 29.6 Å². The molecule has 0 spiro atoms. The molecule has 0 N–H and O–H groups in total. The number of hydrogen-bond acceptors (Lipinski definition) is 0. The van der Waals surface area contributed by atoms with Gasteiger partial charge in [0.15, 0.2) is 0 Å². The average molecular weight is 204 g/mol. The minimum Gasteiger partial charge on any atom is -0.0996 e. The monoisotopic (exact) mass is 204 g/mol. The molecule has 3 aliphatic carbocycles. The molecule has 2 bridgehead atoms.